The third-order valence-corrected chi connectivity index (χ3v) is 1.61. The largest absolute Gasteiger partial charge is 0.478 e. The molecule has 0 aliphatic heterocycles. The summed E-state index contributed by atoms with van der Waals surface area (Å²) in [6.07, 6.45) is 10.3. The van der Waals surface area contributed by atoms with Gasteiger partial charge in [-0.2, -0.15) is 0 Å². The molecule has 1 rings (SSSR count). The summed E-state index contributed by atoms with van der Waals surface area (Å²) in [6, 6.07) is 0. The van der Waals surface area contributed by atoms with Crippen molar-refractivity contribution in [3.63, 3.8) is 0 Å². The van der Waals surface area contributed by atoms with Gasteiger partial charge in [-0.15, -0.1) is 0 Å². The van der Waals surface area contributed by atoms with Gasteiger partial charge in [0, 0.05) is 12.0 Å². The quantitative estimate of drug-likeness (QED) is 0.630. The molecule has 0 amide bonds. The van der Waals surface area contributed by atoms with Crippen molar-refractivity contribution in [1.82, 2.24) is 0 Å². The monoisotopic (exact) mass is 162 g/mol. The number of allylic oxidation sites excluding steroid dienone is 6. The van der Waals surface area contributed by atoms with Crippen LogP contribution in [0.4, 0.5) is 0 Å². The molecule has 1 aliphatic carbocycles. The molecule has 0 aromatic carbocycles. The average Bonchev–Trinajstić information content (AvgIpc) is 2.03. The molecular formula is C10H10O2. The predicted octanol–water partition coefficient (Wildman–Crippen LogP) is 1.93. The van der Waals surface area contributed by atoms with Crippen molar-refractivity contribution in [2.45, 2.75) is 0 Å². The molecule has 0 aromatic heterocycles. The Balaban J connectivity index is 2.65. The number of carboxylic acid groups (broad SMARTS) is 1. The summed E-state index contributed by atoms with van der Waals surface area (Å²) in [5.41, 5.74) is 0.912. The highest BCUT2D eigenvalue weighted by Gasteiger charge is 2.04. The van der Waals surface area contributed by atoms with Crippen LogP contribution in [0, 0.1) is 5.92 Å². The van der Waals surface area contributed by atoms with Crippen LogP contribution >= 0.6 is 0 Å². The maximum atomic E-state index is 10.2. The lowest BCUT2D eigenvalue weighted by Gasteiger charge is -2.09. The Morgan fingerprint density at radius 3 is 2.92 bits per heavy atom. The zero-order valence-electron chi connectivity index (χ0n) is 6.60. The van der Waals surface area contributed by atoms with Gasteiger partial charge in [0.05, 0.1) is 0 Å². The van der Waals surface area contributed by atoms with E-state index in [4.69, 9.17) is 5.11 Å². The van der Waals surface area contributed by atoms with Gasteiger partial charge in [0.2, 0.25) is 0 Å². The van der Waals surface area contributed by atoms with Gasteiger partial charge in [0.25, 0.3) is 0 Å². The van der Waals surface area contributed by atoms with Gasteiger partial charge < -0.3 is 5.11 Å². The van der Waals surface area contributed by atoms with Crippen molar-refractivity contribution in [3.05, 3.63) is 48.6 Å². The molecule has 0 heterocycles. The maximum Gasteiger partial charge on any atom is 0.328 e. The van der Waals surface area contributed by atoms with E-state index in [-0.39, 0.29) is 5.92 Å². The number of carboxylic acids is 1. The number of hydrogen-bond donors (Lipinski definition) is 1. The molecule has 0 fully saturated rings. The van der Waals surface area contributed by atoms with Crippen LogP contribution in [0.1, 0.15) is 0 Å². The van der Waals surface area contributed by atoms with Crippen molar-refractivity contribution in [2.24, 2.45) is 5.92 Å². The highest BCUT2D eigenvalue weighted by atomic mass is 16.4. The Morgan fingerprint density at radius 2 is 2.33 bits per heavy atom. The summed E-state index contributed by atoms with van der Waals surface area (Å²) >= 11 is 0. The van der Waals surface area contributed by atoms with Gasteiger partial charge in [-0.1, -0.05) is 37.0 Å². The van der Waals surface area contributed by atoms with E-state index in [1.807, 2.05) is 24.3 Å². The van der Waals surface area contributed by atoms with Crippen LogP contribution in [-0.2, 0) is 4.79 Å². The van der Waals surface area contributed by atoms with Crippen LogP contribution in [-0.4, -0.2) is 11.1 Å². The van der Waals surface area contributed by atoms with Crippen molar-refractivity contribution in [3.8, 4) is 0 Å². The molecule has 0 saturated carbocycles. The Bertz CT molecular complexity index is 282. The second-order valence-electron chi connectivity index (χ2n) is 2.54. The lowest BCUT2D eigenvalue weighted by Crippen LogP contribution is -1.98. The molecule has 1 atom stereocenters. The summed E-state index contributed by atoms with van der Waals surface area (Å²) in [6.45, 7) is 3.79. The topological polar surface area (TPSA) is 37.3 Å². The molecule has 0 radical (unpaired) electrons. The minimum Gasteiger partial charge on any atom is -0.478 e. The van der Waals surface area contributed by atoms with E-state index >= 15 is 0 Å². The first-order valence-electron chi connectivity index (χ1n) is 3.65. The lowest BCUT2D eigenvalue weighted by molar-refractivity contribution is -0.131. The number of aliphatic carboxylic acids is 1. The summed E-state index contributed by atoms with van der Waals surface area (Å²) in [5.74, 6) is -0.892. The normalized spacial score (nSPS) is 22.0. The van der Waals surface area contributed by atoms with Gasteiger partial charge in [0.1, 0.15) is 0 Å². The Kier molecular flexibility index (Phi) is 2.64. The highest BCUT2D eigenvalue weighted by Crippen LogP contribution is 2.17. The first-order chi connectivity index (χ1) is 5.70. The smallest absolute Gasteiger partial charge is 0.328 e. The van der Waals surface area contributed by atoms with E-state index in [0.29, 0.717) is 0 Å². The second-order valence-corrected chi connectivity index (χ2v) is 2.54. The molecule has 0 aromatic rings. The minimum absolute atomic E-state index is 0.0334. The van der Waals surface area contributed by atoms with Gasteiger partial charge in [-0.05, 0) is 5.57 Å². The lowest BCUT2D eigenvalue weighted by atomic mass is 9.96. The summed E-state index contributed by atoms with van der Waals surface area (Å²) < 4.78 is 0. The van der Waals surface area contributed by atoms with E-state index < -0.39 is 5.97 Å². The predicted molar refractivity (Wildman–Crippen MR) is 47.7 cm³/mol. The van der Waals surface area contributed by atoms with E-state index in [1.54, 1.807) is 6.08 Å². The number of rotatable bonds is 2. The Hall–Kier alpha value is -1.57. The molecule has 0 saturated heterocycles. The number of carbonyl (C=O) groups is 1. The minimum atomic E-state index is -0.925. The van der Waals surface area contributed by atoms with Gasteiger partial charge in [-0.3, -0.25) is 0 Å². The van der Waals surface area contributed by atoms with Crippen molar-refractivity contribution >= 4 is 5.97 Å². The third-order valence-electron chi connectivity index (χ3n) is 1.61. The Labute approximate surface area is 71.2 Å². The van der Waals surface area contributed by atoms with Crippen molar-refractivity contribution in [2.75, 3.05) is 0 Å². The van der Waals surface area contributed by atoms with E-state index in [0.717, 1.165) is 11.6 Å². The molecule has 2 nitrogen and oxygen atoms in total. The summed E-state index contributed by atoms with van der Waals surface area (Å²) in [7, 11) is 0. The second kappa shape index (κ2) is 3.72. The first-order valence-corrected chi connectivity index (χ1v) is 3.65. The summed E-state index contributed by atoms with van der Waals surface area (Å²) in [4.78, 5) is 10.2. The molecule has 1 aliphatic rings. The third kappa shape index (κ3) is 2.23. The molecule has 1 N–H and O–H groups in total. The molecular weight excluding hydrogens is 152 g/mol. The summed E-state index contributed by atoms with van der Waals surface area (Å²) in [5, 5.41) is 8.37. The van der Waals surface area contributed by atoms with E-state index in [2.05, 4.69) is 6.58 Å². The molecule has 1 unspecified atom stereocenters. The molecule has 12 heavy (non-hydrogen) atoms. The Morgan fingerprint density at radius 1 is 1.58 bits per heavy atom. The van der Waals surface area contributed by atoms with Gasteiger partial charge in [0.15, 0.2) is 0 Å². The molecule has 0 bridgehead atoms. The number of hydrogen-bond acceptors (Lipinski definition) is 1. The van der Waals surface area contributed by atoms with Crippen molar-refractivity contribution < 1.29 is 9.90 Å². The van der Waals surface area contributed by atoms with Crippen LogP contribution in [0.5, 0.6) is 0 Å². The van der Waals surface area contributed by atoms with Crippen LogP contribution in [0.2, 0.25) is 0 Å². The molecule has 0 spiro atoms. The first kappa shape index (κ1) is 8.53. The molecule has 2 heteroatoms. The van der Waals surface area contributed by atoms with Crippen LogP contribution < -0.4 is 0 Å². The van der Waals surface area contributed by atoms with Crippen LogP contribution in [0.3, 0.4) is 0 Å². The zero-order chi connectivity index (χ0) is 8.97. The van der Waals surface area contributed by atoms with E-state index in [9.17, 15) is 4.79 Å². The fraction of sp³-hybridized carbons (Fsp3) is 0.100. The van der Waals surface area contributed by atoms with Gasteiger partial charge in [-0.25, -0.2) is 4.79 Å². The highest BCUT2D eigenvalue weighted by molar-refractivity contribution is 5.79. The fourth-order valence-corrected chi connectivity index (χ4v) is 0.971. The fourth-order valence-electron chi connectivity index (χ4n) is 0.971. The SMILES string of the molecule is C=C1C=CC=CC1/C=C/C(=O)O. The maximum absolute atomic E-state index is 10.2. The molecule has 62 valence electrons. The van der Waals surface area contributed by atoms with E-state index in [1.165, 1.54) is 0 Å². The standard InChI is InChI=1S/C10H10O2/c1-8-4-2-3-5-9(8)6-7-10(11)12/h2-7,9H,1H2,(H,11,12)/b7-6+. The zero-order valence-corrected chi connectivity index (χ0v) is 6.60. The van der Waals surface area contributed by atoms with Crippen LogP contribution in [0.25, 0.3) is 0 Å². The van der Waals surface area contributed by atoms with Gasteiger partial charge >= 0.3 is 5.97 Å². The van der Waals surface area contributed by atoms with Crippen molar-refractivity contribution in [1.29, 1.82) is 0 Å². The van der Waals surface area contributed by atoms with Crippen LogP contribution in [0.15, 0.2) is 48.6 Å². The average molecular weight is 162 g/mol.